The Morgan fingerprint density at radius 3 is 2.39 bits per heavy atom. The largest absolute Gasteiger partial charge is 0.0617 e. The Morgan fingerprint density at radius 2 is 1.67 bits per heavy atom. The summed E-state index contributed by atoms with van der Waals surface area (Å²) in [6.45, 7) is 10.6. The maximum absolute atomic E-state index is 2.69. The molecule has 0 radical (unpaired) electrons. The van der Waals surface area contributed by atoms with Gasteiger partial charge in [-0.05, 0) is 64.6 Å². The second-order valence-electron chi connectivity index (χ2n) is 9.12. The van der Waals surface area contributed by atoms with E-state index in [0.29, 0.717) is 0 Å². The Kier molecular flexibility index (Phi) is 1.47. The van der Waals surface area contributed by atoms with Gasteiger partial charge >= 0.3 is 0 Å². The van der Waals surface area contributed by atoms with E-state index >= 15 is 0 Å². The van der Waals surface area contributed by atoms with Crippen LogP contribution in [-0.2, 0) is 0 Å². The smallest absolute Gasteiger partial charge is 0.0111 e. The van der Waals surface area contributed by atoms with Gasteiger partial charge in [-0.25, -0.2) is 0 Å². The molecule has 6 saturated carbocycles. The number of hydrogen-bond acceptors (Lipinski definition) is 0. The normalized spacial score (nSPS) is 75.3. The summed E-state index contributed by atoms with van der Waals surface area (Å²) in [5.74, 6) is 4.29. The van der Waals surface area contributed by atoms with Crippen LogP contribution in [0.4, 0.5) is 0 Å². The fourth-order valence-corrected chi connectivity index (χ4v) is 9.07. The summed E-state index contributed by atoms with van der Waals surface area (Å²) < 4.78 is 0. The zero-order chi connectivity index (χ0) is 12.6. The first-order valence-electron chi connectivity index (χ1n) is 8.48. The van der Waals surface area contributed by atoms with Gasteiger partial charge in [-0.2, -0.15) is 0 Å². The first kappa shape index (κ1) is 10.7. The van der Waals surface area contributed by atoms with Crippen LogP contribution >= 0.6 is 0 Å². The highest BCUT2D eigenvalue weighted by atomic mass is 15.0. The second kappa shape index (κ2) is 2.47. The molecule has 0 amide bonds. The summed E-state index contributed by atoms with van der Waals surface area (Å²) >= 11 is 0. The van der Waals surface area contributed by atoms with E-state index < -0.39 is 0 Å². The van der Waals surface area contributed by atoms with Crippen LogP contribution in [0, 0.1) is 45.3 Å². The predicted octanol–water partition coefficient (Wildman–Crippen LogP) is 4.89. The molecule has 6 aliphatic rings. The van der Waals surface area contributed by atoms with Crippen molar-refractivity contribution in [2.24, 2.45) is 45.3 Å². The average molecular weight is 244 g/mol. The third-order valence-electron chi connectivity index (χ3n) is 9.64. The van der Waals surface area contributed by atoms with Crippen molar-refractivity contribution in [3.8, 4) is 0 Å². The van der Waals surface area contributed by atoms with Gasteiger partial charge in [-0.15, -0.1) is 0 Å². The minimum atomic E-state index is 0.748. The molecule has 0 aromatic heterocycles. The van der Waals surface area contributed by atoms with Crippen molar-refractivity contribution in [1.82, 2.24) is 0 Å². The monoisotopic (exact) mass is 244 g/mol. The maximum Gasteiger partial charge on any atom is -0.0111 e. The standard InChI is InChI=1S/C18H28/c1-11-13-10-17(11)9-7-5-6-8-15(3)14(17)18(15)12(2)16(13,18)4/h11-14H,5-10H2,1-4H3. The molecular weight excluding hydrogens is 216 g/mol. The Hall–Kier alpha value is 0. The molecule has 18 heavy (non-hydrogen) atoms. The maximum atomic E-state index is 2.69. The molecule has 100 valence electrons. The molecule has 0 heterocycles. The van der Waals surface area contributed by atoms with Gasteiger partial charge in [0.1, 0.15) is 0 Å². The molecule has 0 N–H and O–H groups in total. The lowest BCUT2D eigenvalue weighted by Crippen LogP contribution is -2.55. The predicted molar refractivity (Wildman–Crippen MR) is 74.1 cm³/mol. The van der Waals surface area contributed by atoms with Crippen LogP contribution in [0.25, 0.3) is 0 Å². The van der Waals surface area contributed by atoms with Crippen LogP contribution < -0.4 is 0 Å². The van der Waals surface area contributed by atoms with E-state index in [1.807, 2.05) is 0 Å². The molecule has 0 aliphatic heterocycles. The zero-order valence-corrected chi connectivity index (χ0v) is 12.6. The third-order valence-corrected chi connectivity index (χ3v) is 9.64. The Morgan fingerprint density at radius 1 is 0.944 bits per heavy atom. The molecule has 2 spiro atoms. The van der Waals surface area contributed by atoms with E-state index in [1.165, 1.54) is 19.3 Å². The van der Waals surface area contributed by atoms with Crippen molar-refractivity contribution < 1.29 is 0 Å². The van der Waals surface area contributed by atoms with E-state index in [2.05, 4.69) is 27.7 Å². The lowest BCUT2D eigenvalue weighted by molar-refractivity contribution is -0.134. The zero-order valence-electron chi connectivity index (χ0n) is 12.6. The third kappa shape index (κ3) is 0.640. The molecule has 0 aromatic carbocycles. The van der Waals surface area contributed by atoms with Crippen molar-refractivity contribution in [3.63, 3.8) is 0 Å². The summed E-state index contributed by atoms with van der Waals surface area (Å²) in [7, 11) is 0. The highest BCUT2D eigenvalue weighted by Gasteiger charge is 3.01. The number of rotatable bonds is 0. The van der Waals surface area contributed by atoms with Crippen LogP contribution in [0.1, 0.15) is 66.2 Å². The molecule has 6 rings (SSSR count). The fourth-order valence-electron chi connectivity index (χ4n) is 9.07. The lowest BCUT2D eigenvalue weighted by atomic mass is 9.43. The summed E-state index contributed by atoms with van der Waals surface area (Å²) in [6, 6.07) is 0. The molecular formula is C18H28. The van der Waals surface area contributed by atoms with Gasteiger partial charge in [0.2, 0.25) is 0 Å². The molecule has 8 atom stereocenters. The van der Waals surface area contributed by atoms with Crippen molar-refractivity contribution in [1.29, 1.82) is 0 Å². The molecule has 0 aromatic rings. The Balaban J connectivity index is 1.71. The lowest BCUT2D eigenvalue weighted by Gasteiger charge is -2.61. The molecule has 0 saturated heterocycles. The quantitative estimate of drug-likeness (QED) is 0.569. The molecule has 8 unspecified atom stereocenters. The average Bonchev–Trinajstić information content (AvgIpc) is 3.07. The molecule has 0 nitrogen and oxygen atoms in total. The van der Waals surface area contributed by atoms with Crippen molar-refractivity contribution in [3.05, 3.63) is 0 Å². The topological polar surface area (TPSA) is 0 Å². The first-order valence-corrected chi connectivity index (χ1v) is 8.48. The molecule has 6 fully saturated rings. The van der Waals surface area contributed by atoms with E-state index in [-0.39, 0.29) is 0 Å². The first-order chi connectivity index (χ1) is 8.48. The van der Waals surface area contributed by atoms with Crippen LogP contribution in [-0.4, -0.2) is 0 Å². The van der Waals surface area contributed by atoms with E-state index in [9.17, 15) is 0 Å². The second-order valence-corrected chi connectivity index (χ2v) is 9.12. The van der Waals surface area contributed by atoms with E-state index in [0.717, 1.165) is 45.3 Å². The highest BCUT2D eigenvalue weighted by Crippen LogP contribution is 3.06. The molecule has 0 heteroatoms. The van der Waals surface area contributed by atoms with Crippen LogP contribution in [0.15, 0.2) is 0 Å². The van der Waals surface area contributed by atoms with Crippen LogP contribution in [0.3, 0.4) is 0 Å². The fraction of sp³-hybridized carbons (Fsp3) is 1.00. The molecule has 2 bridgehead atoms. The minimum absolute atomic E-state index is 0.748. The van der Waals surface area contributed by atoms with Crippen molar-refractivity contribution in [2.45, 2.75) is 66.2 Å². The Bertz CT molecular complexity index is 453. The van der Waals surface area contributed by atoms with E-state index in [1.54, 1.807) is 19.3 Å². The summed E-state index contributed by atoms with van der Waals surface area (Å²) in [5, 5.41) is 0. The van der Waals surface area contributed by atoms with Gasteiger partial charge in [0.15, 0.2) is 0 Å². The summed E-state index contributed by atoms with van der Waals surface area (Å²) in [4.78, 5) is 0. The van der Waals surface area contributed by atoms with Gasteiger partial charge in [0, 0.05) is 0 Å². The minimum Gasteiger partial charge on any atom is -0.0617 e. The highest BCUT2D eigenvalue weighted by molar-refractivity contribution is 5.48. The van der Waals surface area contributed by atoms with E-state index in [4.69, 9.17) is 0 Å². The van der Waals surface area contributed by atoms with Crippen LogP contribution in [0.2, 0.25) is 0 Å². The summed E-state index contributed by atoms with van der Waals surface area (Å²) in [6.07, 6.45) is 9.31. The Labute approximate surface area is 112 Å². The van der Waals surface area contributed by atoms with Crippen LogP contribution in [0.5, 0.6) is 0 Å². The van der Waals surface area contributed by atoms with Crippen molar-refractivity contribution >= 4 is 0 Å². The van der Waals surface area contributed by atoms with Gasteiger partial charge in [0.05, 0.1) is 0 Å². The van der Waals surface area contributed by atoms with Gasteiger partial charge in [-0.3, -0.25) is 0 Å². The SMILES string of the molecule is CC1C2CC13CCCCCC1(C)C3C13C(C)C23C. The van der Waals surface area contributed by atoms with Gasteiger partial charge in [-0.1, -0.05) is 47.0 Å². The number of hydrogen-bond donors (Lipinski definition) is 0. The summed E-state index contributed by atoms with van der Waals surface area (Å²) in [5.41, 5.74) is 3.13. The molecule has 6 aliphatic carbocycles. The van der Waals surface area contributed by atoms with Gasteiger partial charge in [0.25, 0.3) is 0 Å². The van der Waals surface area contributed by atoms with Crippen molar-refractivity contribution in [2.75, 3.05) is 0 Å². The van der Waals surface area contributed by atoms with Gasteiger partial charge < -0.3 is 0 Å².